The van der Waals surface area contributed by atoms with E-state index in [9.17, 15) is 4.79 Å². The number of H-pyrrole nitrogens is 1. The van der Waals surface area contributed by atoms with Crippen LogP contribution < -0.4 is 18.9 Å². The SMILES string of the molecule is COc1cc(C(=O)c2[nH]nc3c(C#CCCCO)c(OC)ccc23)cc(OC)c1OC. The second-order valence-corrected chi connectivity index (χ2v) is 6.51. The van der Waals surface area contributed by atoms with Crippen molar-refractivity contribution in [2.45, 2.75) is 12.8 Å². The predicted molar refractivity (Wildman–Crippen MR) is 115 cm³/mol. The minimum atomic E-state index is -0.286. The summed E-state index contributed by atoms with van der Waals surface area (Å²) in [6.07, 6.45) is 1.12. The van der Waals surface area contributed by atoms with Gasteiger partial charge in [-0.3, -0.25) is 9.89 Å². The van der Waals surface area contributed by atoms with Crippen molar-refractivity contribution in [2.75, 3.05) is 35.0 Å². The van der Waals surface area contributed by atoms with Gasteiger partial charge in [0.15, 0.2) is 11.5 Å². The van der Waals surface area contributed by atoms with Crippen LogP contribution >= 0.6 is 0 Å². The molecular weight excluding hydrogens is 400 g/mol. The number of benzene rings is 2. The fraction of sp³-hybridized carbons (Fsp3) is 0.304. The summed E-state index contributed by atoms with van der Waals surface area (Å²) in [6, 6.07) is 6.70. The first-order valence-electron chi connectivity index (χ1n) is 9.59. The van der Waals surface area contributed by atoms with Crippen LogP contribution in [0.3, 0.4) is 0 Å². The first-order valence-corrected chi connectivity index (χ1v) is 9.59. The number of aromatic nitrogens is 2. The molecule has 0 amide bonds. The summed E-state index contributed by atoms with van der Waals surface area (Å²) in [5.74, 6) is 7.49. The van der Waals surface area contributed by atoms with Crippen LogP contribution in [0.4, 0.5) is 0 Å². The summed E-state index contributed by atoms with van der Waals surface area (Å²) in [4.78, 5) is 13.3. The zero-order valence-electron chi connectivity index (χ0n) is 17.9. The van der Waals surface area contributed by atoms with Crippen molar-refractivity contribution in [3.8, 4) is 34.8 Å². The predicted octanol–water partition coefficient (Wildman–Crippen LogP) is 2.95. The average molecular weight is 424 g/mol. The van der Waals surface area contributed by atoms with Crippen molar-refractivity contribution in [3.05, 3.63) is 41.1 Å². The number of nitrogens with zero attached hydrogens (tertiary/aromatic N) is 1. The Hall–Kier alpha value is -3.70. The van der Waals surface area contributed by atoms with Gasteiger partial charge in [-0.05, 0) is 30.7 Å². The molecule has 2 aromatic carbocycles. The maximum absolute atomic E-state index is 13.3. The van der Waals surface area contributed by atoms with E-state index in [-0.39, 0.29) is 12.4 Å². The quantitative estimate of drug-likeness (QED) is 0.326. The highest BCUT2D eigenvalue weighted by molar-refractivity contribution is 6.16. The van der Waals surface area contributed by atoms with Crippen LogP contribution in [0.15, 0.2) is 24.3 Å². The number of aliphatic hydroxyl groups excluding tert-OH is 1. The van der Waals surface area contributed by atoms with E-state index < -0.39 is 0 Å². The summed E-state index contributed by atoms with van der Waals surface area (Å²) in [7, 11) is 6.03. The lowest BCUT2D eigenvalue weighted by Crippen LogP contribution is -2.05. The van der Waals surface area contributed by atoms with E-state index in [1.54, 1.807) is 31.4 Å². The molecule has 1 heterocycles. The number of ketones is 1. The normalized spacial score (nSPS) is 10.4. The first-order chi connectivity index (χ1) is 15.1. The first kappa shape index (κ1) is 22.0. The molecular formula is C23H24N2O6. The van der Waals surface area contributed by atoms with Crippen molar-refractivity contribution >= 4 is 16.7 Å². The Kier molecular flexibility index (Phi) is 7.00. The number of methoxy groups -OCH3 is 4. The summed E-state index contributed by atoms with van der Waals surface area (Å²) < 4.78 is 21.4. The number of unbranched alkanes of at least 4 members (excludes halogenated alkanes) is 1. The Morgan fingerprint density at radius 3 is 2.29 bits per heavy atom. The molecule has 31 heavy (non-hydrogen) atoms. The van der Waals surface area contributed by atoms with E-state index in [0.29, 0.717) is 63.6 Å². The minimum absolute atomic E-state index is 0.0753. The average Bonchev–Trinajstić information content (AvgIpc) is 3.24. The van der Waals surface area contributed by atoms with E-state index in [4.69, 9.17) is 24.1 Å². The molecule has 8 heteroatoms. The van der Waals surface area contributed by atoms with Gasteiger partial charge in [0.1, 0.15) is 17.0 Å². The Morgan fingerprint density at radius 1 is 1.03 bits per heavy atom. The molecule has 0 unspecified atom stereocenters. The van der Waals surface area contributed by atoms with Gasteiger partial charge in [0.25, 0.3) is 0 Å². The largest absolute Gasteiger partial charge is 0.495 e. The van der Waals surface area contributed by atoms with E-state index in [1.807, 2.05) is 0 Å². The number of carbonyl (C=O) groups excluding carboxylic acids is 1. The Morgan fingerprint density at radius 2 is 1.71 bits per heavy atom. The smallest absolute Gasteiger partial charge is 0.211 e. The van der Waals surface area contributed by atoms with Gasteiger partial charge in [0.2, 0.25) is 11.5 Å². The van der Waals surface area contributed by atoms with Crippen LogP contribution in [-0.4, -0.2) is 56.1 Å². The topological polar surface area (TPSA) is 103 Å². The lowest BCUT2D eigenvalue weighted by molar-refractivity contribution is 0.103. The summed E-state index contributed by atoms with van der Waals surface area (Å²) in [5, 5.41) is 16.7. The van der Waals surface area contributed by atoms with Gasteiger partial charge < -0.3 is 24.1 Å². The summed E-state index contributed by atoms with van der Waals surface area (Å²) >= 11 is 0. The highest BCUT2D eigenvalue weighted by atomic mass is 16.5. The van der Waals surface area contributed by atoms with Gasteiger partial charge in [-0.25, -0.2) is 0 Å². The van der Waals surface area contributed by atoms with Gasteiger partial charge in [0, 0.05) is 24.0 Å². The maximum atomic E-state index is 13.3. The van der Waals surface area contributed by atoms with E-state index in [0.717, 1.165) is 0 Å². The van der Waals surface area contributed by atoms with Crippen molar-refractivity contribution in [1.82, 2.24) is 10.2 Å². The van der Waals surface area contributed by atoms with E-state index in [1.165, 1.54) is 21.3 Å². The lowest BCUT2D eigenvalue weighted by Gasteiger charge is -2.13. The molecule has 3 rings (SSSR count). The van der Waals surface area contributed by atoms with Crippen LogP contribution in [0, 0.1) is 11.8 Å². The third kappa shape index (κ3) is 4.27. The van der Waals surface area contributed by atoms with Crippen molar-refractivity contribution in [1.29, 1.82) is 0 Å². The standard InChI is InChI=1S/C23H24N2O6/c1-28-17-10-9-16-20(15(17)8-6-5-7-11-26)24-25-21(16)22(27)14-12-18(29-2)23(31-4)19(13-14)30-3/h9-10,12-13,26H,5,7,11H2,1-4H3,(H,24,25). The highest BCUT2D eigenvalue weighted by Gasteiger charge is 2.22. The van der Waals surface area contributed by atoms with Crippen LogP contribution in [0.25, 0.3) is 10.9 Å². The van der Waals surface area contributed by atoms with E-state index in [2.05, 4.69) is 22.0 Å². The number of rotatable bonds is 8. The van der Waals surface area contributed by atoms with Crippen LogP contribution in [0.5, 0.6) is 23.0 Å². The molecule has 0 bridgehead atoms. The zero-order chi connectivity index (χ0) is 22.4. The molecule has 0 radical (unpaired) electrons. The minimum Gasteiger partial charge on any atom is -0.495 e. The molecule has 0 saturated carbocycles. The fourth-order valence-corrected chi connectivity index (χ4v) is 3.20. The third-order valence-electron chi connectivity index (χ3n) is 4.74. The zero-order valence-corrected chi connectivity index (χ0v) is 17.9. The summed E-state index contributed by atoms with van der Waals surface area (Å²) in [6.45, 7) is 0.0753. The Balaban J connectivity index is 2.10. The molecule has 0 aliphatic rings. The molecule has 0 spiro atoms. The van der Waals surface area contributed by atoms with Gasteiger partial charge in [-0.1, -0.05) is 11.8 Å². The molecule has 1 aromatic heterocycles. The second kappa shape index (κ2) is 9.87. The molecule has 2 N–H and O–H groups in total. The Bertz CT molecular complexity index is 1130. The molecule has 162 valence electrons. The van der Waals surface area contributed by atoms with Crippen molar-refractivity contribution < 1.29 is 28.8 Å². The van der Waals surface area contributed by atoms with Gasteiger partial charge in [0.05, 0.1) is 34.0 Å². The van der Waals surface area contributed by atoms with Gasteiger partial charge >= 0.3 is 0 Å². The monoisotopic (exact) mass is 424 g/mol. The van der Waals surface area contributed by atoms with Gasteiger partial charge in [-0.15, -0.1) is 0 Å². The van der Waals surface area contributed by atoms with Crippen LogP contribution in [-0.2, 0) is 0 Å². The van der Waals surface area contributed by atoms with Crippen molar-refractivity contribution in [3.63, 3.8) is 0 Å². The van der Waals surface area contributed by atoms with Crippen LogP contribution in [0.2, 0.25) is 0 Å². The summed E-state index contributed by atoms with van der Waals surface area (Å²) in [5.41, 5.74) is 1.78. The van der Waals surface area contributed by atoms with E-state index >= 15 is 0 Å². The molecule has 0 fully saturated rings. The maximum Gasteiger partial charge on any atom is 0.211 e. The van der Waals surface area contributed by atoms with Gasteiger partial charge in [-0.2, -0.15) is 5.10 Å². The molecule has 3 aromatic rings. The number of aromatic amines is 1. The number of hydrogen-bond acceptors (Lipinski definition) is 7. The highest BCUT2D eigenvalue weighted by Crippen LogP contribution is 2.39. The number of hydrogen-bond donors (Lipinski definition) is 2. The number of fused-ring (bicyclic) bond motifs is 1. The number of ether oxygens (including phenoxy) is 4. The molecule has 8 nitrogen and oxygen atoms in total. The second-order valence-electron chi connectivity index (χ2n) is 6.51. The molecule has 0 atom stereocenters. The molecule has 0 aliphatic carbocycles. The van der Waals surface area contributed by atoms with Crippen molar-refractivity contribution in [2.24, 2.45) is 0 Å². The Labute approximate surface area is 180 Å². The number of nitrogens with one attached hydrogen (secondary N) is 1. The number of aliphatic hydroxyl groups is 1. The lowest BCUT2D eigenvalue weighted by atomic mass is 10.0. The molecule has 0 saturated heterocycles. The fourth-order valence-electron chi connectivity index (χ4n) is 3.20. The third-order valence-corrected chi connectivity index (χ3v) is 4.74. The number of carbonyl (C=O) groups is 1. The molecule has 0 aliphatic heterocycles. The van der Waals surface area contributed by atoms with Crippen LogP contribution in [0.1, 0.15) is 34.5 Å².